The molecule has 108 valence electrons. The Morgan fingerprint density at radius 1 is 1.25 bits per heavy atom. The Bertz CT molecular complexity index is 519. The maximum atomic E-state index is 12.3. The summed E-state index contributed by atoms with van der Waals surface area (Å²) in [6.45, 7) is 0. The molecule has 0 saturated heterocycles. The molecule has 1 amide bonds. The monoisotopic (exact) mass is 276 g/mol. The molecule has 2 atom stereocenters. The summed E-state index contributed by atoms with van der Waals surface area (Å²) in [6.07, 6.45) is 7.43. The van der Waals surface area contributed by atoms with Crippen LogP contribution in [-0.4, -0.2) is 27.6 Å². The normalized spacial score (nSPS) is 26.2. The van der Waals surface area contributed by atoms with Gasteiger partial charge in [-0.25, -0.2) is 0 Å². The summed E-state index contributed by atoms with van der Waals surface area (Å²) >= 11 is 0. The molecule has 2 aliphatic carbocycles. The second-order valence-electron chi connectivity index (χ2n) is 5.90. The van der Waals surface area contributed by atoms with Crippen LogP contribution in [0, 0.1) is 5.92 Å². The van der Waals surface area contributed by atoms with Gasteiger partial charge < -0.3 is 15.0 Å². The third-order valence-corrected chi connectivity index (χ3v) is 4.60. The average Bonchev–Trinajstić information content (AvgIpc) is 2.95. The number of aromatic nitrogens is 1. The minimum absolute atomic E-state index is 0.00617. The Labute approximate surface area is 118 Å². The van der Waals surface area contributed by atoms with Crippen LogP contribution in [0.1, 0.15) is 55.1 Å². The zero-order valence-corrected chi connectivity index (χ0v) is 11.4. The van der Waals surface area contributed by atoms with E-state index in [4.69, 9.17) is 5.11 Å². The van der Waals surface area contributed by atoms with Crippen LogP contribution in [-0.2, 0) is 4.79 Å². The molecule has 0 aromatic carbocycles. The van der Waals surface area contributed by atoms with Crippen LogP contribution >= 0.6 is 0 Å². The van der Waals surface area contributed by atoms with E-state index < -0.39 is 5.97 Å². The zero-order chi connectivity index (χ0) is 14.1. The molecule has 3 rings (SSSR count). The summed E-state index contributed by atoms with van der Waals surface area (Å²) in [5.74, 6) is -1.13. The summed E-state index contributed by atoms with van der Waals surface area (Å²) < 4.78 is 2.06. The van der Waals surface area contributed by atoms with Crippen LogP contribution in [0.25, 0.3) is 0 Å². The standard InChI is InChI=1S/C15H20N2O3/c18-14(16-11-7-6-10(9-11)15(19)20)13-5-2-8-17(13)12-3-1-4-12/h2,5,8,10-12H,1,3-4,6-7,9H2,(H,16,18)(H,19,20)/t10-,11+/m1/s1. The number of hydrogen-bond acceptors (Lipinski definition) is 2. The third kappa shape index (κ3) is 2.44. The molecule has 1 heterocycles. The van der Waals surface area contributed by atoms with Gasteiger partial charge in [0, 0.05) is 18.3 Å². The van der Waals surface area contributed by atoms with Crippen molar-refractivity contribution in [3.05, 3.63) is 24.0 Å². The topological polar surface area (TPSA) is 71.3 Å². The number of aliphatic carboxylic acids is 1. The van der Waals surface area contributed by atoms with Crippen molar-refractivity contribution >= 4 is 11.9 Å². The van der Waals surface area contributed by atoms with E-state index in [-0.39, 0.29) is 17.9 Å². The first kappa shape index (κ1) is 13.2. The highest BCUT2D eigenvalue weighted by molar-refractivity contribution is 5.93. The molecule has 0 spiro atoms. The third-order valence-electron chi connectivity index (χ3n) is 4.60. The van der Waals surface area contributed by atoms with Gasteiger partial charge in [0.05, 0.1) is 5.92 Å². The Morgan fingerprint density at radius 2 is 2.05 bits per heavy atom. The number of nitrogens with zero attached hydrogens (tertiary/aromatic N) is 1. The molecule has 5 heteroatoms. The lowest BCUT2D eigenvalue weighted by atomic mass is 9.93. The molecule has 0 radical (unpaired) electrons. The maximum Gasteiger partial charge on any atom is 0.306 e. The van der Waals surface area contributed by atoms with Gasteiger partial charge in [-0.15, -0.1) is 0 Å². The predicted octanol–water partition coefficient (Wildman–Crippen LogP) is 2.20. The van der Waals surface area contributed by atoms with Crippen LogP contribution < -0.4 is 5.32 Å². The molecule has 2 N–H and O–H groups in total. The summed E-state index contributed by atoms with van der Waals surface area (Å²) in [5, 5.41) is 12.0. The highest BCUT2D eigenvalue weighted by Gasteiger charge is 2.31. The first-order valence-corrected chi connectivity index (χ1v) is 7.35. The second-order valence-corrected chi connectivity index (χ2v) is 5.90. The Kier molecular flexibility index (Phi) is 3.51. The number of hydrogen-bond donors (Lipinski definition) is 2. The zero-order valence-electron chi connectivity index (χ0n) is 11.4. The molecule has 0 bridgehead atoms. The fraction of sp³-hybridized carbons (Fsp3) is 0.600. The van der Waals surface area contributed by atoms with E-state index in [2.05, 4.69) is 9.88 Å². The van der Waals surface area contributed by atoms with Crippen molar-refractivity contribution in [1.82, 2.24) is 9.88 Å². The van der Waals surface area contributed by atoms with E-state index in [0.717, 1.165) is 19.3 Å². The number of carboxylic acid groups (broad SMARTS) is 1. The summed E-state index contributed by atoms with van der Waals surface area (Å²) in [6, 6.07) is 4.20. The van der Waals surface area contributed by atoms with E-state index in [1.165, 1.54) is 6.42 Å². The van der Waals surface area contributed by atoms with E-state index >= 15 is 0 Å². The maximum absolute atomic E-state index is 12.3. The minimum atomic E-state index is -0.750. The van der Waals surface area contributed by atoms with Crippen LogP contribution in [0.4, 0.5) is 0 Å². The molecular weight excluding hydrogens is 256 g/mol. The average molecular weight is 276 g/mol. The summed E-state index contributed by atoms with van der Waals surface area (Å²) in [5.41, 5.74) is 0.702. The first-order chi connectivity index (χ1) is 9.65. The number of nitrogens with one attached hydrogen (secondary N) is 1. The molecule has 0 unspecified atom stereocenters. The second kappa shape index (κ2) is 5.31. The van der Waals surface area contributed by atoms with Crippen LogP contribution in [0.5, 0.6) is 0 Å². The molecular formula is C15H20N2O3. The molecule has 20 heavy (non-hydrogen) atoms. The summed E-state index contributed by atoms with van der Waals surface area (Å²) in [7, 11) is 0. The lowest BCUT2D eigenvalue weighted by Gasteiger charge is -2.29. The van der Waals surface area contributed by atoms with E-state index in [0.29, 0.717) is 24.6 Å². The van der Waals surface area contributed by atoms with Gasteiger partial charge in [-0.2, -0.15) is 0 Å². The Hall–Kier alpha value is -1.78. The number of carbonyl (C=O) groups is 2. The minimum Gasteiger partial charge on any atom is -0.481 e. The highest BCUT2D eigenvalue weighted by Crippen LogP contribution is 2.33. The van der Waals surface area contributed by atoms with Crippen molar-refractivity contribution in [3.8, 4) is 0 Å². The van der Waals surface area contributed by atoms with Crippen LogP contribution in [0.3, 0.4) is 0 Å². The lowest BCUT2D eigenvalue weighted by Crippen LogP contribution is -2.35. The molecule has 5 nitrogen and oxygen atoms in total. The van der Waals surface area contributed by atoms with Gasteiger partial charge >= 0.3 is 5.97 Å². The number of amides is 1. The number of carboxylic acids is 1. The van der Waals surface area contributed by atoms with Crippen LogP contribution in [0.15, 0.2) is 18.3 Å². The highest BCUT2D eigenvalue weighted by atomic mass is 16.4. The quantitative estimate of drug-likeness (QED) is 0.885. The van der Waals surface area contributed by atoms with Gasteiger partial charge in [-0.1, -0.05) is 0 Å². The van der Waals surface area contributed by atoms with Gasteiger partial charge in [0.2, 0.25) is 0 Å². The number of rotatable bonds is 4. The van der Waals surface area contributed by atoms with Crippen molar-refractivity contribution in [2.75, 3.05) is 0 Å². The van der Waals surface area contributed by atoms with Gasteiger partial charge in [0.25, 0.3) is 5.91 Å². The molecule has 1 aromatic heterocycles. The largest absolute Gasteiger partial charge is 0.481 e. The molecule has 1 aromatic rings. The van der Waals surface area contributed by atoms with Crippen LogP contribution in [0.2, 0.25) is 0 Å². The summed E-state index contributed by atoms with van der Waals surface area (Å²) in [4.78, 5) is 23.3. The molecule has 2 saturated carbocycles. The Balaban J connectivity index is 1.62. The fourth-order valence-corrected chi connectivity index (χ4v) is 3.17. The van der Waals surface area contributed by atoms with Gasteiger partial charge in [-0.05, 0) is 50.7 Å². The molecule has 2 aliphatic rings. The predicted molar refractivity (Wildman–Crippen MR) is 73.6 cm³/mol. The van der Waals surface area contributed by atoms with E-state index in [9.17, 15) is 9.59 Å². The number of carbonyl (C=O) groups excluding carboxylic acids is 1. The Morgan fingerprint density at radius 3 is 2.65 bits per heavy atom. The van der Waals surface area contributed by atoms with Gasteiger partial charge in [0.1, 0.15) is 5.69 Å². The van der Waals surface area contributed by atoms with Gasteiger partial charge in [0.15, 0.2) is 0 Å². The van der Waals surface area contributed by atoms with Crippen molar-refractivity contribution < 1.29 is 14.7 Å². The van der Waals surface area contributed by atoms with Crippen molar-refractivity contribution in [2.45, 2.75) is 50.6 Å². The van der Waals surface area contributed by atoms with Crippen molar-refractivity contribution in [2.24, 2.45) is 5.92 Å². The lowest BCUT2D eigenvalue weighted by molar-refractivity contribution is -0.141. The van der Waals surface area contributed by atoms with Gasteiger partial charge in [-0.3, -0.25) is 9.59 Å². The molecule has 2 fully saturated rings. The van der Waals surface area contributed by atoms with Crippen molar-refractivity contribution in [3.63, 3.8) is 0 Å². The van der Waals surface area contributed by atoms with Crippen molar-refractivity contribution in [1.29, 1.82) is 0 Å². The first-order valence-electron chi connectivity index (χ1n) is 7.35. The van der Waals surface area contributed by atoms with E-state index in [1.807, 2.05) is 18.3 Å². The molecule has 0 aliphatic heterocycles. The SMILES string of the molecule is O=C(N[C@H]1CC[C@@H](C(=O)O)C1)c1cccn1C1CCC1. The fourth-order valence-electron chi connectivity index (χ4n) is 3.17. The smallest absolute Gasteiger partial charge is 0.306 e. The van der Waals surface area contributed by atoms with E-state index in [1.54, 1.807) is 0 Å².